The lowest BCUT2D eigenvalue weighted by Crippen LogP contribution is -2.14. The second-order valence-electron chi connectivity index (χ2n) is 8.38. The van der Waals surface area contributed by atoms with Crippen LogP contribution in [0.5, 0.6) is 0 Å². The summed E-state index contributed by atoms with van der Waals surface area (Å²) in [6.07, 6.45) is 6.26. The van der Waals surface area contributed by atoms with Crippen LogP contribution in [0.1, 0.15) is 53.7 Å². The van der Waals surface area contributed by atoms with Crippen molar-refractivity contribution in [2.24, 2.45) is 0 Å². The van der Waals surface area contributed by atoms with Crippen molar-refractivity contribution < 1.29 is 18.8 Å². The van der Waals surface area contributed by atoms with Crippen molar-refractivity contribution in [1.29, 1.82) is 0 Å². The van der Waals surface area contributed by atoms with Gasteiger partial charge in [0.2, 0.25) is 5.89 Å². The van der Waals surface area contributed by atoms with Crippen LogP contribution in [0.4, 0.5) is 5.82 Å². The monoisotopic (exact) mass is 483 g/mol. The second-order valence-corrected chi connectivity index (χ2v) is 8.38. The van der Waals surface area contributed by atoms with E-state index in [0.29, 0.717) is 30.1 Å². The lowest BCUT2D eigenvalue weighted by Gasteiger charge is -2.17. The summed E-state index contributed by atoms with van der Waals surface area (Å²) in [4.78, 5) is 24.8. The van der Waals surface area contributed by atoms with Crippen LogP contribution >= 0.6 is 12.4 Å². The predicted molar refractivity (Wildman–Crippen MR) is 127 cm³/mol. The number of carbonyl (C=O) groups is 1. The predicted octanol–water partition coefficient (Wildman–Crippen LogP) is 4.36. The Morgan fingerprint density at radius 3 is 2.97 bits per heavy atom. The zero-order valence-corrected chi connectivity index (χ0v) is 19.4. The molecule has 4 heterocycles. The van der Waals surface area contributed by atoms with Crippen LogP contribution in [0, 0.1) is 0 Å². The van der Waals surface area contributed by atoms with Crippen LogP contribution in [0.2, 0.25) is 0 Å². The standard InChI is InChI=1S/C24H25N5O4.ClH/c30-23(31)13-17(16-7-9-19-20(11-16)32-14-26-19)12-22-28-21(29-33-22)5-1-4-18-8-6-15-3-2-10-25-24(15)27-18;/h6-9,11,14,17H,1-5,10,12-13H2,(H,25,27)(H,30,31);1H. The van der Waals surface area contributed by atoms with Crippen molar-refractivity contribution in [3.8, 4) is 0 Å². The summed E-state index contributed by atoms with van der Waals surface area (Å²) in [7, 11) is 0. The molecule has 3 aromatic heterocycles. The van der Waals surface area contributed by atoms with Gasteiger partial charge >= 0.3 is 5.97 Å². The fraction of sp³-hybridized carbons (Fsp3) is 0.375. The van der Waals surface area contributed by atoms with E-state index in [4.69, 9.17) is 13.9 Å². The molecule has 0 saturated carbocycles. The number of hydrogen-bond donors (Lipinski definition) is 2. The number of nitrogens with zero attached hydrogens (tertiary/aromatic N) is 4. The van der Waals surface area contributed by atoms with Crippen molar-refractivity contribution >= 4 is 35.3 Å². The molecule has 0 fully saturated rings. The number of fused-ring (bicyclic) bond motifs is 2. The molecule has 0 saturated heterocycles. The molecule has 10 heteroatoms. The summed E-state index contributed by atoms with van der Waals surface area (Å²) in [6.45, 7) is 0.976. The molecule has 4 aromatic rings. The molecule has 1 aliphatic heterocycles. The summed E-state index contributed by atoms with van der Waals surface area (Å²) < 4.78 is 10.8. The minimum atomic E-state index is -0.885. The Kier molecular flexibility index (Phi) is 7.42. The topological polar surface area (TPSA) is 127 Å². The maximum absolute atomic E-state index is 11.4. The third-order valence-corrected chi connectivity index (χ3v) is 5.96. The second kappa shape index (κ2) is 10.6. The SMILES string of the molecule is Cl.O=C(O)CC(Cc1nc(CCCc2ccc3c(n2)NCCC3)no1)c1ccc2ncoc2c1. The molecule has 0 spiro atoms. The van der Waals surface area contributed by atoms with Crippen molar-refractivity contribution in [1.82, 2.24) is 20.1 Å². The number of aromatic nitrogens is 4. The van der Waals surface area contributed by atoms with E-state index in [9.17, 15) is 9.90 Å². The summed E-state index contributed by atoms with van der Waals surface area (Å²) in [5.41, 5.74) is 4.54. The minimum absolute atomic E-state index is 0. The number of carboxylic acids is 1. The molecular weight excluding hydrogens is 458 g/mol. The van der Waals surface area contributed by atoms with Crippen LogP contribution < -0.4 is 5.32 Å². The molecule has 1 aromatic carbocycles. The molecule has 1 aliphatic rings. The van der Waals surface area contributed by atoms with Gasteiger partial charge in [-0.1, -0.05) is 17.3 Å². The number of anilines is 1. The van der Waals surface area contributed by atoms with Crippen LogP contribution in [-0.2, 0) is 30.5 Å². The summed E-state index contributed by atoms with van der Waals surface area (Å²) >= 11 is 0. The molecule has 2 N–H and O–H groups in total. The number of carboxylic acid groups (broad SMARTS) is 1. The van der Waals surface area contributed by atoms with Crippen LogP contribution in [0.25, 0.3) is 11.1 Å². The van der Waals surface area contributed by atoms with E-state index in [1.165, 1.54) is 12.0 Å². The third kappa shape index (κ3) is 5.53. The van der Waals surface area contributed by atoms with Gasteiger partial charge in [-0.15, -0.1) is 12.4 Å². The van der Waals surface area contributed by atoms with E-state index >= 15 is 0 Å². The van der Waals surface area contributed by atoms with Gasteiger partial charge in [0.15, 0.2) is 17.8 Å². The van der Waals surface area contributed by atoms with Gasteiger partial charge in [0.25, 0.3) is 0 Å². The summed E-state index contributed by atoms with van der Waals surface area (Å²) in [5, 5.41) is 16.8. The van der Waals surface area contributed by atoms with Gasteiger partial charge in [-0.3, -0.25) is 4.79 Å². The van der Waals surface area contributed by atoms with Gasteiger partial charge in [0.05, 0.1) is 6.42 Å². The number of pyridine rings is 1. The zero-order chi connectivity index (χ0) is 22.6. The first kappa shape index (κ1) is 23.7. The number of halogens is 1. The van der Waals surface area contributed by atoms with Crippen LogP contribution in [0.3, 0.4) is 0 Å². The Bertz CT molecular complexity index is 1270. The van der Waals surface area contributed by atoms with Gasteiger partial charge in [0.1, 0.15) is 11.3 Å². The molecule has 0 radical (unpaired) electrons. The van der Waals surface area contributed by atoms with E-state index in [-0.39, 0.29) is 24.7 Å². The highest BCUT2D eigenvalue weighted by atomic mass is 35.5. The Labute approximate surface area is 202 Å². The maximum atomic E-state index is 11.4. The molecule has 34 heavy (non-hydrogen) atoms. The highest BCUT2D eigenvalue weighted by Crippen LogP contribution is 2.27. The zero-order valence-electron chi connectivity index (χ0n) is 18.6. The highest BCUT2D eigenvalue weighted by molar-refractivity contribution is 5.85. The van der Waals surface area contributed by atoms with E-state index in [1.54, 1.807) is 0 Å². The smallest absolute Gasteiger partial charge is 0.303 e. The molecule has 0 bridgehead atoms. The fourth-order valence-electron chi connectivity index (χ4n) is 4.27. The number of benzene rings is 1. The third-order valence-electron chi connectivity index (χ3n) is 5.96. The van der Waals surface area contributed by atoms with Crippen molar-refractivity contribution in [2.45, 2.75) is 50.9 Å². The number of aliphatic carboxylic acids is 1. The number of rotatable bonds is 9. The number of oxazole rings is 1. The van der Waals surface area contributed by atoms with E-state index in [0.717, 1.165) is 54.8 Å². The lowest BCUT2D eigenvalue weighted by molar-refractivity contribution is -0.137. The van der Waals surface area contributed by atoms with E-state index in [1.807, 2.05) is 18.2 Å². The minimum Gasteiger partial charge on any atom is -0.481 e. The normalized spacial score (nSPS) is 13.6. The average Bonchev–Trinajstić information content (AvgIpc) is 3.47. The van der Waals surface area contributed by atoms with E-state index in [2.05, 4.69) is 32.6 Å². The largest absolute Gasteiger partial charge is 0.481 e. The van der Waals surface area contributed by atoms with Crippen molar-refractivity contribution in [3.63, 3.8) is 0 Å². The maximum Gasteiger partial charge on any atom is 0.303 e. The quantitative estimate of drug-likeness (QED) is 0.356. The van der Waals surface area contributed by atoms with Crippen molar-refractivity contribution in [2.75, 3.05) is 11.9 Å². The Balaban J connectivity index is 0.00000274. The lowest BCUT2D eigenvalue weighted by atomic mass is 9.92. The van der Waals surface area contributed by atoms with Gasteiger partial charge in [-0.05, 0) is 55.0 Å². The summed E-state index contributed by atoms with van der Waals surface area (Å²) in [5.74, 6) is 0.876. The Hall–Kier alpha value is -3.46. The van der Waals surface area contributed by atoms with Gasteiger partial charge in [0, 0.05) is 31.0 Å². The van der Waals surface area contributed by atoms with Gasteiger partial charge < -0.3 is 19.4 Å². The van der Waals surface area contributed by atoms with E-state index < -0.39 is 5.97 Å². The van der Waals surface area contributed by atoms with Gasteiger partial charge in [-0.2, -0.15) is 4.98 Å². The molecular formula is C24H26ClN5O4. The number of nitrogens with one attached hydrogen (secondary N) is 1. The molecule has 0 aliphatic carbocycles. The number of aryl methyl sites for hydroxylation is 3. The van der Waals surface area contributed by atoms with Crippen LogP contribution in [0.15, 0.2) is 45.7 Å². The average molecular weight is 484 g/mol. The molecule has 5 rings (SSSR count). The molecule has 9 nitrogen and oxygen atoms in total. The fourth-order valence-corrected chi connectivity index (χ4v) is 4.27. The first-order valence-corrected chi connectivity index (χ1v) is 11.2. The Morgan fingerprint density at radius 1 is 1.18 bits per heavy atom. The Morgan fingerprint density at radius 2 is 2.09 bits per heavy atom. The molecule has 0 amide bonds. The highest BCUT2D eigenvalue weighted by Gasteiger charge is 2.21. The summed E-state index contributed by atoms with van der Waals surface area (Å²) in [6, 6.07) is 9.78. The van der Waals surface area contributed by atoms with Crippen LogP contribution in [-0.4, -0.2) is 37.7 Å². The molecule has 1 unspecified atom stereocenters. The first-order valence-electron chi connectivity index (χ1n) is 11.2. The first-order chi connectivity index (χ1) is 16.1. The van der Waals surface area contributed by atoms with Gasteiger partial charge in [-0.25, -0.2) is 9.97 Å². The molecule has 1 atom stereocenters. The van der Waals surface area contributed by atoms with Crippen molar-refractivity contribution in [3.05, 3.63) is 65.3 Å². The number of hydrogen-bond acceptors (Lipinski definition) is 8. The molecule has 178 valence electrons.